The van der Waals surface area contributed by atoms with Crippen LogP contribution in [0.15, 0.2) is 30.5 Å². The van der Waals surface area contributed by atoms with Crippen molar-refractivity contribution in [3.8, 4) is 16.9 Å². The zero-order valence-corrected chi connectivity index (χ0v) is 18.3. The largest absolute Gasteiger partial charge is 1.00 e. The number of hydrogen-bond acceptors (Lipinski definition) is 1. The van der Waals surface area contributed by atoms with Crippen LogP contribution < -0.4 is 28.7 Å². The SMILES string of the molecule is Cc1cc(C)c(-c2c[n+](-c3c(C)cc(C)cc3C)nn2C)c(C)c1.[I-]. The molecule has 0 spiro atoms. The summed E-state index contributed by atoms with van der Waals surface area (Å²) < 4.78 is 3.99. The van der Waals surface area contributed by atoms with Gasteiger partial charge in [-0.3, -0.25) is 0 Å². The maximum atomic E-state index is 4.75. The van der Waals surface area contributed by atoms with Gasteiger partial charge in [-0.15, -0.1) is 9.36 Å². The van der Waals surface area contributed by atoms with Crippen LogP contribution in [0.2, 0.25) is 0 Å². The second kappa shape index (κ2) is 7.28. The molecule has 3 aromatic rings. The van der Waals surface area contributed by atoms with Gasteiger partial charge in [0, 0.05) is 5.56 Å². The Labute approximate surface area is 167 Å². The fourth-order valence-electron chi connectivity index (χ4n) is 3.87. The molecule has 1 heterocycles. The average molecular weight is 447 g/mol. The fraction of sp³-hybridized carbons (Fsp3) is 0.333. The Hall–Kier alpha value is -1.69. The van der Waals surface area contributed by atoms with Gasteiger partial charge in [0.15, 0.2) is 17.6 Å². The molecule has 0 saturated carbocycles. The molecule has 132 valence electrons. The van der Waals surface area contributed by atoms with Gasteiger partial charge < -0.3 is 24.0 Å². The molecule has 0 unspecified atom stereocenters. The minimum Gasteiger partial charge on any atom is -1.00 e. The molecule has 0 aliphatic carbocycles. The van der Waals surface area contributed by atoms with E-state index in [1.807, 2.05) is 16.4 Å². The van der Waals surface area contributed by atoms with Gasteiger partial charge in [0.25, 0.3) is 0 Å². The van der Waals surface area contributed by atoms with Crippen molar-refractivity contribution < 1.29 is 28.7 Å². The number of rotatable bonds is 2. The molecule has 0 N–H and O–H groups in total. The lowest BCUT2D eigenvalue weighted by Gasteiger charge is -2.07. The highest BCUT2D eigenvalue weighted by Gasteiger charge is 2.22. The molecule has 0 bridgehead atoms. The molecule has 0 fully saturated rings. The fourth-order valence-corrected chi connectivity index (χ4v) is 3.87. The van der Waals surface area contributed by atoms with Crippen molar-refractivity contribution >= 4 is 0 Å². The predicted octanol–water partition coefficient (Wildman–Crippen LogP) is 1.22. The monoisotopic (exact) mass is 447 g/mol. The Balaban J connectivity index is 0.00000225. The maximum absolute atomic E-state index is 4.75. The van der Waals surface area contributed by atoms with Crippen LogP contribution in [-0.2, 0) is 7.05 Å². The van der Waals surface area contributed by atoms with Crippen molar-refractivity contribution in [1.29, 1.82) is 0 Å². The summed E-state index contributed by atoms with van der Waals surface area (Å²) >= 11 is 0. The van der Waals surface area contributed by atoms with Gasteiger partial charge in [-0.05, 0) is 63.8 Å². The van der Waals surface area contributed by atoms with Crippen molar-refractivity contribution in [3.63, 3.8) is 0 Å². The normalized spacial score (nSPS) is 10.7. The minimum absolute atomic E-state index is 0. The summed E-state index contributed by atoms with van der Waals surface area (Å²) in [5.74, 6) is 0. The topological polar surface area (TPSA) is 21.7 Å². The van der Waals surface area contributed by atoms with E-state index in [-0.39, 0.29) is 24.0 Å². The highest BCUT2D eigenvalue weighted by atomic mass is 127. The van der Waals surface area contributed by atoms with E-state index in [1.54, 1.807) is 0 Å². The van der Waals surface area contributed by atoms with Crippen molar-refractivity contribution in [2.75, 3.05) is 0 Å². The lowest BCUT2D eigenvalue weighted by atomic mass is 9.97. The molecular formula is C21H26IN3. The Morgan fingerprint density at radius 3 is 1.68 bits per heavy atom. The van der Waals surface area contributed by atoms with Crippen molar-refractivity contribution in [2.45, 2.75) is 41.5 Å². The second-order valence-electron chi connectivity index (χ2n) is 6.99. The van der Waals surface area contributed by atoms with Crippen molar-refractivity contribution in [3.05, 3.63) is 63.8 Å². The van der Waals surface area contributed by atoms with Gasteiger partial charge >= 0.3 is 0 Å². The molecule has 0 aliphatic rings. The second-order valence-corrected chi connectivity index (χ2v) is 6.99. The Kier molecular flexibility index (Phi) is 5.72. The first kappa shape index (κ1) is 19.6. The molecule has 3 rings (SSSR count). The molecular weight excluding hydrogens is 421 g/mol. The van der Waals surface area contributed by atoms with E-state index in [0.29, 0.717) is 0 Å². The Morgan fingerprint density at radius 1 is 0.760 bits per heavy atom. The van der Waals surface area contributed by atoms with Crippen LogP contribution in [0.1, 0.15) is 33.4 Å². The number of halogens is 1. The lowest BCUT2D eigenvalue weighted by molar-refractivity contribution is -0.662. The van der Waals surface area contributed by atoms with E-state index in [9.17, 15) is 0 Å². The molecule has 0 aliphatic heterocycles. The summed E-state index contributed by atoms with van der Waals surface area (Å²) in [5.41, 5.74) is 11.3. The summed E-state index contributed by atoms with van der Waals surface area (Å²) in [6.07, 6.45) is 2.15. The van der Waals surface area contributed by atoms with Gasteiger partial charge in [0.2, 0.25) is 0 Å². The third-order valence-electron chi connectivity index (χ3n) is 4.62. The number of hydrogen-bond donors (Lipinski definition) is 0. The standard InChI is InChI=1S/C21H26N3.HI/c1-13-8-15(3)20(16(4)9-13)19-12-24(22-23(19)7)21-17(5)10-14(2)11-18(21)6;/h8-12H,1-7H3;1H/q+1;/p-1. The average Bonchev–Trinajstić information content (AvgIpc) is 2.78. The first-order valence-corrected chi connectivity index (χ1v) is 8.40. The quantitative estimate of drug-likeness (QED) is 0.428. The smallest absolute Gasteiger partial charge is 0.198 e. The molecule has 4 heteroatoms. The van der Waals surface area contributed by atoms with Gasteiger partial charge in [-0.25, -0.2) is 0 Å². The van der Waals surface area contributed by atoms with E-state index < -0.39 is 0 Å². The van der Waals surface area contributed by atoms with E-state index in [1.165, 1.54) is 44.6 Å². The molecule has 3 nitrogen and oxygen atoms in total. The molecule has 0 saturated heterocycles. The third-order valence-corrected chi connectivity index (χ3v) is 4.62. The number of nitrogens with zero attached hydrogens (tertiary/aromatic N) is 3. The summed E-state index contributed by atoms with van der Waals surface area (Å²) in [6.45, 7) is 12.9. The lowest BCUT2D eigenvalue weighted by Crippen LogP contribution is -3.00. The van der Waals surface area contributed by atoms with E-state index in [0.717, 1.165) is 5.69 Å². The Bertz CT molecular complexity index is 892. The molecule has 2 aromatic carbocycles. The van der Waals surface area contributed by atoms with E-state index in [4.69, 9.17) is 5.21 Å². The summed E-state index contributed by atoms with van der Waals surface area (Å²) in [4.78, 5) is 0. The third kappa shape index (κ3) is 3.64. The minimum atomic E-state index is 0. The molecule has 0 amide bonds. The number of aryl methyl sites for hydroxylation is 7. The van der Waals surface area contributed by atoms with Crippen LogP contribution >= 0.6 is 0 Å². The Morgan fingerprint density at radius 2 is 1.20 bits per heavy atom. The molecule has 1 aromatic heterocycles. The van der Waals surface area contributed by atoms with E-state index in [2.05, 4.69) is 72.0 Å². The van der Waals surface area contributed by atoms with Crippen LogP contribution in [0.3, 0.4) is 0 Å². The van der Waals surface area contributed by atoms with Gasteiger partial charge in [0.1, 0.15) is 7.05 Å². The van der Waals surface area contributed by atoms with Crippen molar-refractivity contribution in [2.24, 2.45) is 7.05 Å². The van der Waals surface area contributed by atoms with Crippen LogP contribution in [0.25, 0.3) is 16.9 Å². The van der Waals surface area contributed by atoms with Crippen LogP contribution in [-0.4, -0.2) is 9.90 Å². The van der Waals surface area contributed by atoms with Crippen LogP contribution in [0.4, 0.5) is 0 Å². The number of benzene rings is 2. The van der Waals surface area contributed by atoms with E-state index >= 15 is 0 Å². The summed E-state index contributed by atoms with van der Waals surface area (Å²) in [6, 6.07) is 8.90. The predicted molar refractivity (Wildman–Crippen MR) is 98.6 cm³/mol. The maximum Gasteiger partial charge on any atom is 0.198 e. The zero-order valence-electron chi connectivity index (χ0n) is 16.1. The highest BCUT2D eigenvalue weighted by Crippen LogP contribution is 2.27. The summed E-state index contributed by atoms with van der Waals surface area (Å²) in [7, 11) is 2.02. The number of aromatic nitrogens is 3. The molecule has 0 radical (unpaired) electrons. The van der Waals surface area contributed by atoms with Crippen LogP contribution in [0.5, 0.6) is 0 Å². The van der Waals surface area contributed by atoms with Crippen LogP contribution in [0, 0.1) is 41.5 Å². The highest BCUT2D eigenvalue weighted by molar-refractivity contribution is 5.67. The summed E-state index contributed by atoms with van der Waals surface area (Å²) in [5, 5.41) is 4.75. The first-order valence-electron chi connectivity index (χ1n) is 8.40. The molecule has 25 heavy (non-hydrogen) atoms. The van der Waals surface area contributed by atoms with Gasteiger partial charge in [-0.1, -0.05) is 35.4 Å². The van der Waals surface area contributed by atoms with Gasteiger partial charge in [0.05, 0.1) is 5.21 Å². The first-order chi connectivity index (χ1) is 11.3. The van der Waals surface area contributed by atoms with Crippen molar-refractivity contribution in [1.82, 2.24) is 9.90 Å². The zero-order chi connectivity index (χ0) is 17.6. The van der Waals surface area contributed by atoms with Gasteiger partial charge in [-0.2, -0.15) is 0 Å². The molecule has 0 atom stereocenters.